The molecule has 2 nitrogen and oxygen atoms in total. The second kappa shape index (κ2) is 5.91. The highest BCUT2D eigenvalue weighted by atomic mass is 19.2. The van der Waals surface area contributed by atoms with Crippen molar-refractivity contribution >= 4 is 0 Å². The van der Waals surface area contributed by atoms with Crippen molar-refractivity contribution in [2.24, 2.45) is 0 Å². The summed E-state index contributed by atoms with van der Waals surface area (Å²) in [6, 6.07) is 10.7. The lowest BCUT2D eigenvalue weighted by Gasteiger charge is -2.13. The first-order valence-electron chi connectivity index (χ1n) is 5.83. The molecule has 0 saturated carbocycles. The molecule has 1 N–H and O–H groups in total. The Balaban J connectivity index is 2.28. The van der Waals surface area contributed by atoms with Crippen molar-refractivity contribution in [3.05, 3.63) is 70.8 Å². The van der Waals surface area contributed by atoms with Gasteiger partial charge in [0, 0.05) is 12.7 Å². The van der Waals surface area contributed by atoms with Gasteiger partial charge in [0.1, 0.15) is 6.10 Å². The van der Waals surface area contributed by atoms with Crippen LogP contribution in [-0.2, 0) is 11.3 Å². The van der Waals surface area contributed by atoms with Crippen molar-refractivity contribution in [3.8, 4) is 0 Å². The molecule has 19 heavy (non-hydrogen) atoms. The van der Waals surface area contributed by atoms with Gasteiger partial charge in [-0.1, -0.05) is 36.4 Å². The van der Waals surface area contributed by atoms with Crippen LogP contribution in [-0.4, -0.2) is 12.2 Å². The zero-order valence-corrected chi connectivity index (χ0v) is 10.4. The van der Waals surface area contributed by atoms with Crippen LogP contribution in [0.2, 0.25) is 0 Å². The van der Waals surface area contributed by atoms with Crippen molar-refractivity contribution in [2.45, 2.75) is 12.7 Å². The van der Waals surface area contributed by atoms with E-state index < -0.39 is 17.7 Å². The molecule has 0 aliphatic rings. The average molecular weight is 264 g/mol. The summed E-state index contributed by atoms with van der Waals surface area (Å²) < 4.78 is 31.7. The second-order valence-corrected chi connectivity index (χ2v) is 4.22. The van der Waals surface area contributed by atoms with Gasteiger partial charge in [-0.05, 0) is 17.2 Å². The van der Waals surface area contributed by atoms with Crippen LogP contribution in [0.15, 0.2) is 42.5 Å². The Morgan fingerprint density at radius 3 is 2.42 bits per heavy atom. The molecule has 0 aromatic heterocycles. The van der Waals surface area contributed by atoms with Gasteiger partial charge in [-0.3, -0.25) is 0 Å². The van der Waals surface area contributed by atoms with Crippen LogP contribution >= 0.6 is 0 Å². The highest BCUT2D eigenvalue weighted by Crippen LogP contribution is 2.25. The summed E-state index contributed by atoms with van der Waals surface area (Å²) >= 11 is 0. The number of hydrogen-bond acceptors (Lipinski definition) is 2. The summed E-state index contributed by atoms with van der Waals surface area (Å²) in [7, 11) is 1.59. The number of methoxy groups -OCH3 is 1. The predicted octanol–water partition coefficient (Wildman–Crippen LogP) is 3.19. The smallest absolute Gasteiger partial charge is 0.164 e. The Bertz CT molecular complexity index is 553. The van der Waals surface area contributed by atoms with E-state index in [4.69, 9.17) is 4.74 Å². The molecule has 0 saturated heterocycles. The fourth-order valence-corrected chi connectivity index (χ4v) is 1.87. The molecule has 0 fully saturated rings. The monoisotopic (exact) mass is 264 g/mol. The van der Waals surface area contributed by atoms with E-state index in [9.17, 15) is 13.9 Å². The maximum absolute atomic E-state index is 13.6. The number of halogens is 2. The van der Waals surface area contributed by atoms with Crippen molar-refractivity contribution in [1.29, 1.82) is 0 Å². The van der Waals surface area contributed by atoms with Gasteiger partial charge < -0.3 is 9.84 Å². The van der Waals surface area contributed by atoms with Gasteiger partial charge >= 0.3 is 0 Å². The minimum atomic E-state index is -1.19. The van der Waals surface area contributed by atoms with Crippen molar-refractivity contribution < 1.29 is 18.6 Å². The maximum atomic E-state index is 13.6. The van der Waals surface area contributed by atoms with Crippen LogP contribution in [0.4, 0.5) is 8.78 Å². The number of hydrogen-bond donors (Lipinski definition) is 1. The molecule has 0 radical (unpaired) electrons. The summed E-state index contributed by atoms with van der Waals surface area (Å²) in [5.41, 5.74) is 1.38. The first-order valence-corrected chi connectivity index (χ1v) is 5.83. The van der Waals surface area contributed by atoms with E-state index in [-0.39, 0.29) is 5.56 Å². The summed E-state index contributed by atoms with van der Waals surface area (Å²) in [5, 5.41) is 10.1. The zero-order valence-electron chi connectivity index (χ0n) is 10.4. The van der Waals surface area contributed by atoms with Gasteiger partial charge in [0.15, 0.2) is 11.6 Å². The van der Waals surface area contributed by atoms with E-state index in [1.54, 1.807) is 31.4 Å². The Kier molecular flexibility index (Phi) is 4.24. The molecule has 2 aromatic rings. The summed E-state index contributed by atoms with van der Waals surface area (Å²) in [6.45, 7) is 0.463. The molecular formula is C15H14F2O2. The fourth-order valence-electron chi connectivity index (χ4n) is 1.87. The van der Waals surface area contributed by atoms with Gasteiger partial charge in [-0.15, -0.1) is 0 Å². The molecule has 4 heteroatoms. The molecule has 0 heterocycles. The Labute approximate surface area is 110 Å². The van der Waals surface area contributed by atoms with Gasteiger partial charge in [0.25, 0.3) is 0 Å². The molecular weight excluding hydrogens is 250 g/mol. The molecule has 0 amide bonds. The lowest BCUT2D eigenvalue weighted by atomic mass is 10.00. The molecule has 1 atom stereocenters. The van der Waals surface area contributed by atoms with Crippen LogP contribution in [0.1, 0.15) is 22.8 Å². The minimum absolute atomic E-state index is 0.0699. The quantitative estimate of drug-likeness (QED) is 0.919. The van der Waals surface area contributed by atoms with Gasteiger partial charge in [-0.2, -0.15) is 0 Å². The molecule has 100 valence electrons. The summed E-state index contributed by atoms with van der Waals surface area (Å²) in [4.78, 5) is 0. The van der Waals surface area contributed by atoms with E-state index in [1.807, 2.05) is 0 Å². The third-order valence-corrected chi connectivity index (χ3v) is 2.88. The topological polar surface area (TPSA) is 29.5 Å². The highest BCUT2D eigenvalue weighted by Gasteiger charge is 2.17. The van der Waals surface area contributed by atoms with Gasteiger partial charge in [-0.25, -0.2) is 8.78 Å². The second-order valence-electron chi connectivity index (χ2n) is 4.22. The largest absolute Gasteiger partial charge is 0.384 e. The lowest BCUT2D eigenvalue weighted by molar-refractivity contribution is 0.184. The van der Waals surface area contributed by atoms with Crippen LogP contribution < -0.4 is 0 Å². The maximum Gasteiger partial charge on any atom is 0.164 e. The van der Waals surface area contributed by atoms with Crippen LogP contribution in [0.25, 0.3) is 0 Å². The van der Waals surface area contributed by atoms with E-state index in [2.05, 4.69) is 0 Å². The SMILES string of the molecule is COCc1ccc(C(O)c2cccc(F)c2F)cc1. The highest BCUT2D eigenvalue weighted by molar-refractivity contribution is 5.32. The molecule has 0 aliphatic heterocycles. The van der Waals surface area contributed by atoms with Crippen LogP contribution in [0.3, 0.4) is 0 Å². The summed E-state index contributed by atoms with van der Waals surface area (Å²) in [5.74, 6) is -1.98. The third-order valence-electron chi connectivity index (χ3n) is 2.88. The van der Waals surface area contributed by atoms with Gasteiger partial charge in [0.05, 0.1) is 6.61 Å². The first kappa shape index (κ1) is 13.6. The van der Waals surface area contributed by atoms with Crippen molar-refractivity contribution in [2.75, 3.05) is 7.11 Å². The third kappa shape index (κ3) is 2.97. The lowest BCUT2D eigenvalue weighted by Crippen LogP contribution is -2.04. The summed E-state index contributed by atoms with van der Waals surface area (Å²) in [6.07, 6.45) is -1.19. The van der Waals surface area contributed by atoms with Crippen LogP contribution in [0.5, 0.6) is 0 Å². The van der Waals surface area contributed by atoms with Gasteiger partial charge in [0.2, 0.25) is 0 Å². The molecule has 2 rings (SSSR count). The van der Waals surface area contributed by atoms with Crippen molar-refractivity contribution in [3.63, 3.8) is 0 Å². The predicted molar refractivity (Wildman–Crippen MR) is 67.6 cm³/mol. The normalized spacial score (nSPS) is 12.4. The van der Waals surface area contributed by atoms with E-state index in [1.165, 1.54) is 12.1 Å². The molecule has 0 bridgehead atoms. The molecule has 0 spiro atoms. The fraction of sp³-hybridized carbons (Fsp3) is 0.200. The van der Waals surface area contributed by atoms with E-state index in [0.717, 1.165) is 11.6 Å². The number of ether oxygens (including phenoxy) is 1. The minimum Gasteiger partial charge on any atom is -0.384 e. The van der Waals surface area contributed by atoms with Crippen LogP contribution in [0, 0.1) is 11.6 Å². The van der Waals surface area contributed by atoms with E-state index >= 15 is 0 Å². The molecule has 2 aromatic carbocycles. The number of aliphatic hydroxyl groups excluding tert-OH is 1. The first-order chi connectivity index (χ1) is 9.13. The average Bonchev–Trinajstić information content (AvgIpc) is 2.42. The number of rotatable bonds is 4. The van der Waals surface area contributed by atoms with E-state index in [0.29, 0.717) is 12.2 Å². The Morgan fingerprint density at radius 1 is 1.11 bits per heavy atom. The zero-order chi connectivity index (χ0) is 13.8. The standard InChI is InChI=1S/C15H14F2O2/c1-19-9-10-5-7-11(8-6-10)15(18)12-3-2-4-13(16)14(12)17/h2-8,15,18H,9H2,1H3. The Morgan fingerprint density at radius 2 is 1.79 bits per heavy atom. The number of aliphatic hydroxyl groups is 1. The Hall–Kier alpha value is -1.78. The molecule has 0 aliphatic carbocycles. The molecule has 1 unspecified atom stereocenters. The number of benzene rings is 2. The van der Waals surface area contributed by atoms with Crippen molar-refractivity contribution in [1.82, 2.24) is 0 Å².